The maximum Gasteiger partial charge on any atom is 0.132 e. The predicted molar refractivity (Wildman–Crippen MR) is 111 cm³/mol. The minimum atomic E-state index is 0.514. The van der Waals surface area contributed by atoms with Gasteiger partial charge >= 0.3 is 0 Å². The molecule has 8 nitrogen and oxygen atoms in total. The first-order valence-electron chi connectivity index (χ1n) is 10.2. The quantitative estimate of drug-likeness (QED) is 0.616. The third kappa shape index (κ3) is 3.90. The van der Waals surface area contributed by atoms with E-state index in [1.54, 1.807) is 13.4 Å². The number of benzene rings is 1. The van der Waals surface area contributed by atoms with Crippen molar-refractivity contribution in [3.8, 4) is 17.1 Å². The third-order valence-corrected chi connectivity index (χ3v) is 5.69. The highest BCUT2D eigenvalue weighted by molar-refractivity contribution is 5.93. The van der Waals surface area contributed by atoms with E-state index in [-0.39, 0.29) is 0 Å². The second kappa shape index (κ2) is 7.96. The molecule has 2 fully saturated rings. The van der Waals surface area contributed by atoms with Crippen LogP contribution in [0.4, 0.5) is 5.82 Å². The third-order valence-electron chi connectivity index (χ3n) is 5.69. The predicted octanol–water partition coefficient (Wildman–Crippen LogP) is 2.33. The fourth-order valence-electron chi connectivity index (χ4n) is 3.93. The number of H-pyrrole nitrogens is 1. The first kappa shape index (κ1) is 18.3. The summed E-state index contributed by atoms with van der Waals surface area (Å²) in [6.45, 7) is 5.30. The molecule has 2 aromatic heterocycles. The molecule has 0 radical (unpaired) electrons. The number of fused-ring (bicyclic) bond motifs is 1. The highest BCUT2D eigenvalue weighted by Crippen LogP contribution is 2.31. The molecular weight excluding hydrogens is 368 g/mol. The lowest BCUT2D eigenvalue weighted by atomic mass is 10.1. The average Bonchev–Trinajstić information content (AvgIpc) is 3.54. The van der Waals surface area contributed by atoms with Crippen molar-refractivity contribution in [2.24, 2.45) is 0 Å². The summed E-state index contributed by atoms with van der Waals surface area (Å²) in [7, 11) is 1.67. The zero-order valence-corrected chi connectivity index (χ0v) is 16.7. The normalized spacial score (nSPS) is 17.8. The Labute approximate surface area is 169 Å². The maximum atomic E-state index is 5.76. The standard InChI is InChI=1S/C21H26N6O2/c1-28-10-11-29-16-4-5-18-17(12-16)21(25-24-18)19-13-20(23-14-22-19)27-8-6-26(7-9-27)15-2-3-15/h4-5,12-15H,2-3,6-11H2,1H3,(H,24,25). The fourth-order valence-corrected chi connectivity index (χ4v) is 3.93. The molecule has 0 bridgehead atoms. The summed E-state index contributed by atoms with van der Waals surface area (Å²) in [5.41, 5.74) is 2.59. The van der Waals surface area contributed by atoms with E-state index in [1.165, 1.54) is 12.8 Å². The van der Waals surface area contributed by atoms with Crippen LogP contribution in [0.1, 0.15) is 12.8 Å². The average molecular weight is 394 g/mol. The number of aromatic nitrogens is 4. The van der Waals surface area contributed by atoms with Crippen LogP contribution in [0.5, 0.6) is 5.75 Å². The molecule has 1 N–H and O–H groups in total. The summed E-state index contributed by atoms with van der Waals surface area (Å²) in [6.07, 6.45) is 4.36. The summed E-state index contributed by atoms with van der Waals surface area (Å²) in [5, 5.41) is 8.59. The summed E-state index contributed by atoms with van der Waals surface area (Å²) < 4.78 is 10.8. The zero-order chi connectivity index (χ0) is 19.6. The van der Waals surface area contributed by atoms with Crippen molar-refractivity contribution in [1.29, 1.82) is 0 Å². The number of aromatic amines is 1. The van der Waals surface area contributed by atoms with Gasteiger partial charge in [-0.2, -0.15) is 5.10 Å². The van der Waals surface area contributed by atoms with Crippen molar-refractivity contribution < 1.29 is 9.47 Å². The fraction of sp³-hybridized carbons (Fsp3) is 0.476. The van der Waals surface area contributed by atoms with E-state index in [0.717, 1.165) is 66.1 Å². The van der Waals surface area contributed by atoms with Crippen LogP contribution in [-0.2, 0) is 4.74 Å². The minimum absolute atomic E-state index is 0.514. The molecule has 8 heteroatoms. The van der Waals surface area contributed by atoms with Crippen LogP contribution < -0.4 is 9.64 Å². The largest absolute Gasteiger partial charge is 0.491 e. The first-order valence-corrected chi connectivity index (χ1v) is 10.2. The number of nitrogens with zero attached hydrogens (tertiary/aromatic N) is 5. The zero-order valence-electron chi connectivity index (χ0n) is 16.7. The van der Waals surface area contributed by atoms with Crippen molar-refractivity contribution in [3.63, 3.8) is 0 Å². The molecule has 152 valence electrons. The van der Waals surface area contributed by atoms with E-state index in [0.29, 0.717) is 13.2 Å². The lowest BCUT2D eigenvalue weighted by Gasteiger charge is -2.35. The van der Waals surface area contributed by atoms with Gasteiger partial charge in [0.2, 0.25) is 0 Å². The summed E-state index contributed by atoms with van der Waals surface area (Å²) in [6, 6.07) is 8.78. The summed E-state index contributed by atoms with van der Waals surface area (Å²) in [5.74, 6) is 1.76. The molecular formula is C21H26N6O2. The molecule has 29 heavy (non-hydrogen) atoms. The Hall–Kier alpha value is -2.71. The van der Waals surface area contributed by atoms with Gasteiger partial charge in [0, 0.05) is 50.8 Å². The Morgan fingerprint density at radius 1 is 1.07 bits per heavy atom. The Morgan fingerprint density at radius 2 is 1.93 bits per heavy atom. The number of anilines is 1. The molecule has 1 saturated heterocycles. The van der Waals surface area contributed by atoms with Gasteiger partial charge in [-0.3, -0.25) is 10.00 Å². The van der Waals surface area contributed by atoms with Crippen molar-refractivity contribution >= 4 is 16.7 Å². The van der Waals surface area contributed by atoms with Gasteiger partial charge in [0.05, 0.1) is 17.8 Å². The number of nitrogens with one attached hydrogen (secondary N) is 1. The Balaban J connectivity index is 1.37. The number of piperazine rings is 1. The van der Waals surface area contributed by atoms with Crippen molar-refractivity contribution in [1.82, 2.24) is 25.1 Å². The van der Waals surface area contributed by atoms with Crippen LogP contribution in [-0.4, -0.2) is 77.6 Å². The van der Waals surface area contributed by atoms with Crippen LogP contribution in [0.3, 0.4) is 0 Å². The van der Waals surface area contributed by atoms with Gasteiger partial charge in [-0.05, 0) is 31.0 Å². The molecule has 5 rings (SSSR count). The molecule has 3 aromatic rings. The van der Waals surface area contributed by atoms with Crippen molar-refractivity contribution in [3.05, 3.63) is 30.6 Å². The Bertz CT molecular complexity index is 978. The molecule has 1 aromatic carbocycles. The number of ether oxygens (including phenoxy) is 2. The topological polar surface area (TPSA) is 79.4 Å². The molecule has 1 aliphatic heterocycles. The van der Waals surface area contributed by atoms with Gasteiger partial charge in [0.15, 0.2) is 0 Å². The number of hydrogen-bond donors (Lipinski definition) is 1. The van der Waals surface area contributed by atoms with Crippen LogP contribution in [0, 0.1) is 0 Å². The van der Waals surface area contributed by atoms with E-state index in [4.69, 9.17) is 9.47 Å². The van der Waals surface area contributed by atoms with Gasteiger partial charge in [-0.1, -0.05) is 0 Å². The number of rotatable bonds is 7. The lowest BCUT2D eigenvalue weighted by molar-refractivity contribution is 0.146. The monoisotopic (exact) mass is 394 g/mol. The van der Waals surface area contributed by atoms with Crippen molar-refractivity contribution in [2.75, 3.05) is 51.4 Å². The second-order valence-electron chi connectivity index (χ2n) is 7.64. The SMILES string of the molecule is COCCOc1ccc2[nH]nc(-c3cc(N4CCN(C5CC5)CC4)ncn3)c2c1. The first-order chi connectivity index (χ1) is 14.3. The maximum absolute atomic E-state index is 5.76. The van der Waals surface area contributed by atoms with Crippen LogP contribution in [0.2, 0.25) is 0 Å². The Kier molecular flexibility index (Phi) is 5.03. The van der Waals surface area contributed by atoms with Gasteiger partial charge < -0.3 is 14.4 Å². The molecule has 1 saturated carbocycles. The van der Waals surface area contributed by atoms with Gasteiger partial charge in [0.25, 0.3) is 0 Å². The van der Waals surface area contributed by atoms with E-state index in [2.05, 4.69) is 30.0 Å². The summed E-state index contributed by atoms with van der Waals surface area (Å²) >= 11 is 0. The molecule has 0 spiro atoms. The van der Waals surface area contributed by atoms with E-state index in [1.807, 2.05) is 24.3 Å². The highest BCUT2D eigenvalue weighted by atomic mass is 16.5. The minimum Gasteiger partial charge on any atom is -0.491 e. The second-order valence-corrected chi connectivity index (χ2v) is 7.64. The van der Waals surface area contributed by atoms with Gasteiger partial charge in [-0.25, -0.2) is 9.97 Å². The van der Waals surface area contributed by atoms with E-state index in [9.17, 15) is 0 Å². The molecule has 3 heterocycles. The number of methoxy groups -OCH3 is 1. The van der Waals surface area contributed by atoms with Crippen LogP contribution in [0.15, 0.2) is 30.6 Å². The van der Waals surface area contributed by atoms with Crippen molar-refractivity contribution in [2.45, 2.75) is 18.9 Å². The van der Waals surface area contributed by atoms with Gasteiger partial charge in [0.1, 0.15) is 30.2 Å². The summed E-state index contributed by atoms with van der Waals surface area (Å²) in [4.78, 5) is 14.0. The van der Waals surface area contributed by atoms with Crippen LogP contribution in [0.25, 0.3) is 22.3 Å². The number of hydrogen-bond acceptors (Lipinski definition) is 7. The Morgan fingerprint density at radius 3 is 2.72 bits per heavy atom. The van der Waals surface area contributed by atoms with E-state index >= 15 is 0 Å². The molecule has 0 unspecified atom stereocenters. The molecule has 0 amide bonds. The molecule has 0 atom stereocenters. The van der Waals surface area contributed by atoms with Crippen LogP contribution >= 0.6 is 0 Å². The molecule has 2 aliphatic rings. The van der Waals surface area contributed by atoms with Gasteiger partial charge in [-0.15, -0.1) is 0 Å². The highest BCUT2D eigenvalue weighted by Gasteiger charge is 2.31. The van der Waals surface area contributed by atoms with E-state index < -0.39 is 0 Å². The lowest BCUT2D eigenvalue weighted by Crippen LogP contribution is -2.47. The molecule has 1 aliphatic carbocycles. The smallest absolute Gasteiger partial charge is 0.132 e.